The van der Waals surface area contributed by atoms with Gasteiger partial charge in [0.2, 0.25) is 0 Å². The molecular weight excluding hydrogens is 217 g/mol. The number of halogens is 1. The smallest absolute Gasteiger partial charge is 0.165 e. The molecule has 17 heavy (non-hydrogen) atoms. The van der Waals surface area contributed by atoms with Gasteiger partial charge in [0.05, 0.1) is 6.61 Å². The number of ether oxygens (including phenoxy) is 1. The molecule has 0 aliphatic carbocycles. The van der Waals surface area contributed by atoms with E-state index in [-0.39, 0.29) is 5.82 Å². The summed E-state index contributed by atoms with van der Waals surface area (Å²) >= 11 is 0. The summed E-state index contributed by atoms with van der Waals surface area (Å²) in [6.07, 6.45) is 4.80. The Balaban J connectivity index is 1.77. The van der Waals surface area contributed by atoms with E-state index in [1.165, 1.54) is 31.9 Å². The number of rotatable bonds is 4. The number of benzene rings is 1. The highest BCUT2D eigenvalue weighted by Gasteiger charge is 2.18. The molecule has 2 nitrogen and oxygen atoms in total. The van der Waals surface area contributed by atoms with Gasteiger partial charge >= 0.3 is 0 Å². The average molecular weight is 237 g/mol. The van der Waals surface area contributed by atoms with Gasteiger partial charge in [-0.3, -0.25) is 0 Å². The van der Waals surface area contributed by atoms with Gasteiger partial charge in [0.1, 0.15) is 0 Å². The van der Waals surface area contributed by atoms with E-state index >= 15 is 0 Å². The number of hydrogen-bond acceptors (Lipinski definition) is 2. The lowest BCUT2D eigenvalue weighted by Gasteiger charge is -2.32. The van der Waals surface area contributed by atoms with Crippen molar-refractivity contribution in [2.45, 2.75) is 31.7 Å². The van der Waals surface area contributed by atoms with E-state index in [2.05, 4.69) is 11.9 Å². The van der Waals surface area contributed by atoms with Crippen molar-refractivity contribution in [3.63, 3.8) is 0 Å². The topological polar surface area (TPSA) is 12.5 Å². The number of piperidine rings is 1. The highest BCUT2D eigenvalue weighted by molar-refractivity contribution is 5.23. The van der Waals surface area contributed by atoms with Gasteiger partial charge in [0, 0.05) is 6.04 Å². The third-order valence-corrected chi connectivity index (χ3v) is 3.47. The van der Waals surface area contributed by atoms with Crippen LogP contribution in [0.2, 0.25) is 0 Å². The minimum absolute atomic E-state index is 0.274. The van der Waals surface area contributed by atoms with Crippen LogP contribution >= 0.6 is 0 Å². The van der Waals surface area contributed by atoms with Crippen molar-refractivity contribution in [2.75, 3.05) is 20.2 Å². The molecule has 1 aromatic rings. The molecule has 1 fully saturated rings. The van der Waals surface area contributed by atoms with E-state index in [4.69, 9.17) is 4.74 Å². The van der Waals surface area contributed by atoms with E-state index in [0.717, 1.165) is 6.42 Å². The Morgan fingerprint density at radius 3 is 2.94 bits per heavy atom. The molecule has 0 radical (unpaired) electrons. The van der Waals surface area contributed by atoms with Crippen LogP contribution in [-0.2, 0) is 0 Å². The van der Waals surface area contributed by atoms with Crippen molar-refractivity contribution in [3.8, 4) is 5.75 Å². The summed E-state index contributed by atoms with van der Waals surface area (Å²) in [6.45, 7) is 1.76. The fourth-order valence-electron chi connectivity index (χ4n) is 2.38. The Morgan fingerprint density at radius 1 is 1.35 bits per heavy atom. The molecule has 1 aliphatic heterocycles. The van der Waals surface area contributed by atoms with Gasteiger partial charge in [-0.15, -0.1) is 0 Å². The van der Waals surface area contributed by atoms with Crippen LogP contribution in [0.4, 0.5) is 4.39 Å². The summed E-state index contributed by atoms with van der Waals surface area (Å²) in [5, 5.41) is 0. The molecule has 94 valence electrons. The molecule has 1 heterocycles. The normalized spacial score (nSPS) is 21.4. The van der Waals surface area contributed by atoms with Crippen LogP contribution in [-0.4, -0.2) is 31.1 Å². The highest BCUT2D eigenvalue weighted by atomic mass is 19.1. The molecule has 1 saturated heterocycles. The van der Waals surface area contributed by atoms with Crippen molar-refractivity contribution >= 4 is 0 Å². The van der Waals surface area contributed by atoms with Gasteiger partial charge in [-0.05, 0) is 45.0 Å². The highest BCUT2D eigenvalue weighted by Crippen LogP contribution is 2.19. The summed E-state index contributed by atoms with van der Waals surface area (Å²) in [5.74, 6) is 0.0930. The minimum atomic E-state index is -0.274. The standard InChI is InChI=1S/C14H20FNO/c1-16-10-5-4-6-12(16)9-11-17-14-8-3-2-7-13(14)15/h2-3,7-8,12H,4-6,9-11H2,1H3. The van der Waals surface area contributed by atoms with Gasteiger partial charge in [-0.2, -0.15) is 0 Å². The molecular formula is C14H20FNO. The number of nitrogens with zero attached hydrogens (tertiary/aromatic N) is 1. The number of hydrogen-bond donors (Lipinski definition) is 0. The van der Waals surface area contributed by atoms with Crippen molar-refractivity contribution in [1.82, 2.24) is 4.90 Å². The predicted octanol–water partition coefficient (Wildman–Crippen LogP) is 3.08. The second-order valence-corrected chi connectivity index (χ2v) is 4.70. The first kappa shape index (κ1) is 12.4. The van der Waals surface area contributed by atoms with E-state index in [1.807, 2.05) is 0 Å². The number of likely N-dealkylation sites (tertiary alicyclic amines) is 1. The maximum Gasteiger partial charge on any atom is 0.165 e. The Morgan fingerprint density at radius 2 is 2.18 bits per heavy atom. The van der Waals surface area contributed by atoms with E-state index in [1.54, 1.807) is 18.2 Å². The van der Waals surface area contributed by atoms with Gasteiger partial charge in [-0.1, -0.05) is 18.6 Å². The SMILES string of the molecule is CN1CCCCC1CCOc1ccccc1F. The summed E-state index contributed by atoms with van der Waals surface area (Å²) in [7, 11) is 2.16. The first-order chi connectivity index (χ1) is 8.27. The summed E-state index contributed by atoms with van der Waals surface area (Å²) in [5.41, 5.74) is 0. The molecule has 0 aromatic heterocycles. The van der Waals surface area contributed by atoms with Crippen LogP contribution in [0.5, 0.6) is 5.75 Å². The Kier molecular flexibility index (Phi) is 4.37. The average Bonchev–Trinajstić information content (AvgIpc) is 2.34. The van der Waals surface area contributed by atoms with Crippen LogP contribution in [0.25, 0.3) is 0 Å². The summed E-state index contributed by atoms with van der Waals surface area (Å²) < 4.78 is 18.8. The fourth-order valence-corrected chi connectivity index (χ4v) is 2.38. The molecule has 1 unspecified atom stereocenters. The Hall–Kier alpha value is -1.09. The van der Waals surface area contributed by atoms with Crippen molar-refractivity contribution in [1.29, 1.82) is 0 Å². The fraction of sp³-hybridized carbons (Fsp3) is 0.571. The third kappa shape index (κ3) is 3.43. The maximum absolute atomic E-state index is 13.3. The first-order valence-corrected chi connectivity index (χ1v) is 6.35. The second-order valence-electron chi connectivity index (χ2n) is 4.70. The molecule has 1 atom stereocenters. The largest absolute Gasteiger partial charge is 0.490 e. The van der Waals surface area contributed by atoms with Crippen molar-refractivity contribution in [2.24, 2.45) is 0 Å². The van der Waals surface area contributed by atoms with Crippen molar-refractivity contribution < 1.29 is 9.13 Å². The van der Waals surface area contributed by atoms with Gasteiger partial charge in [-0.25, -0.2) is 4.39 Å². The molecule has 1 aromatic carbocycles. The van der Waals surface area contributed by atoms with Crippen LogP contribution < -0.4 is 4.74 Å². The molecule has 3 heteroatoms. The Labute approximate surface area is 102 Å². The van der Waals surface area contributed by atoms with E-state index < -0.39 is 0 Å². The van der Waals surface area contributed by atoms with E-state index in [0.29, 0.717) is 18.4 Å². The molecule has 0 amide bonds. The second kappa shape index (κ2) is 6.01. The van der Waals surface area contributed by atoms with Crippen LogP contribution in [0.3, 0.4) is 0 Å². The summed E-state index contributed by atoms with van der Waals surface area (Å²) in [4.78, 5) is 2.38. The van der Waals surface area contributed by atoms with Gasteiger partial charge in [0.25, 0.3) is 0 Å². The zero-order valence-corrected chi connectivity index (χ0v) is 10.4. The van der Waals surface area contributed by atoms with Crippen LogP contribution in [0.1, 0.15) is 25.7 Å². The lowest BCUT2D eigenvalue weighted by molar-refractivity contribution is 0.151. The van der Waals surface area contributed by atoms with Crippen molar-refractivity contribution in [3.05, 3.63) is 30.1 Å². The van der Waals surface area contributed by atoms with Crippen LogP contribution in [0.15, 0.2) is 24.3 Å². The summed E-state index contributed by atoms with van der Waals surface area (Å²) in [6, 6.07) is 7.18. The first-order valence-electron chi connectivity index (χ1n) is 6.35. The van der Waals surface area contributed by atoms with Crippen LogP contribution in [0, 0.1) is 5.82 Å². The van der Waals surface area contributed by atoms with Gasteiger partial charge in [0.15, 0.2) is 11.6 Å². The maximum atomic E-state index is 13.3. The molecule has 2 rings (SSSR count). The van der Waals surface area contributed by atoms with E-state index in [9.17, 15) is 4.39 Å². The monoisotopic (exact) mass is 237 g/mol. The van der Waals surface area contributed by atoms with Gasteiger partial charge < -0.3 is 9.64 Å². The lowest BCUT2D eigenvalue weighted by Crippen LogP contribution is -2.37. The quantitative estimate of drug-likeness (QED) is 0.798. The molecule has 0 spiro atoms. The zero-order chi connectivity index (χ0) is 12.1. The Bertz CT molecular complexity index is 356. The molecule has 0 bridgehead atoms. The number of para-hydroxylation sites is 1. The lowest BCUT2D eigenvalue weighted by atomic mass is 10.0. The molecule has 1 aliphatic rings. The third-order valence-electron chi connectivity index (χ3n) is 3.47. The zero-order valence-electron chi connectivity index (χ0n) is 10.4. The predicted molar refractivity (Wildman–Crippen MR) is 66.8 cm³/mol. The molecule has 0 saturated carbocycles. The molecule has 0 N–H and O–H groups in total. The minimum Gasteiger partial charge on any atom is -0.490 e.